The average molecular weight is 295 g/mol. The van der Waals surface area contributed by atoms with E-state index in [2.05, 4.69) is 12.2 Å². The molecular weight excluding hydrogens is 277 g/mol. The van der Waals surface area contributed by atoms with Gasteiger partial charge >= 0.3 is 0 Å². The van der Waals surface area contributed by atoms with Crippen LogP contribution in [0.2, 0.25) is 0 Å². The van der Waals surface area contributed by atoms with Gasteiger partial charge in [0, 0.05) is 6.04 Å². The van der Waals surface area contributed by atoms with Gasteiger partial charge in [-0.2, -0.15) is 0 Å². The number of hydrogen-bond acceptors (Lipinski definition) is 4. The first-order chi connectivity index (χ1) is 9.81. The smallest absolute Gasteiger partial charge is 0.285 e. The summed E-state index contributed by atoms with van der Waals surface area (Å²) in [6.07, 6.45) is 1.83. The largest absolute Gasteiger partial charge is 0.396 e. The number of benzene rings is 1. The van der Waals surface area contributed by atoms with Gasteiger partial charge in [0.2, 0.25) is 0 Å². The van der Waals surface area contributed by atoms with Crippen LogP contribution in [0.25, 0.3) is 0 Å². The number of nitrogens with two attached hydrogens (primary N) is 1. The van der Waals surface area contributed by atoms with Crippen LogP contribution in [0.5, 0.6) is 0 Å². The van der Waals surface area contributed by atoms with Gasteiger partial charge in [0.1, 0.15) is 5.56 Å². The van der Waals surface area contributed by atoms with Crippen molar-refractivity contribution < 1.29 is 14.1 Å². The zero-order valence-corrected chi connectivity index (χ0v) is 11.9. The van der Waals surface area contributed by atoms with E-state index >= 15 is 0 Å². The van der Waals surface area contributed by atoms with Crippen LogP contribution in [0, 0.1) is 27.8 Å². The maximum absolute atomic E-state index is 13.3. The molecule has 0 spiro atoms. The van der Waals surface area contributed by atoms with E-state index in [4.69, 9.17) is 5.73 Å². The minimum Gasteiger partial charge on any atom is -0.396 e. The monoisotopic (exact) mass is 295 g/mol. The molecule has 1 aromatic carbocycles. The standard InChI is InChI=1S/C14H18FN3O3/c1-7-3-4-12(8(7)2)17-14(19)9-5-11(16)10(15)6-13(9)18(20)21/h5-8,12H,3-4,16H2,1-2H3,(H,17,19). The Kier molecular flexibility index (Phi) is 4.11. The average Bonchev–Trinajstić information content (AvgIpc) is 2.73. The number of hydrogen-bond donors (Lipinski definition) is 2. The summed E-state index contributed by atoms with van der Waals surface area (Å²) in [7, 11) is 0. The summed E-state index contributed by atoms with van der Waals surface area (Å²) < 4.78 is 13.3. The van der Waals surface area contributed by atoms with E-state index in [0.29, 0.717) is 17.9 Å². The molecule has 1 aliphatic carbocycles. The summed E-state index contributed by atoms with van der Waals surface area (Å²) in [5.74, 6) is -0.699. The van der Waals surface area contributed by atoms with Crippen LogP contribution < -0.4 is 11.1 Å². The van der Waals surface area contributed by atoms with Gasteiger partial charge in [-0.15, -0.1) is 0 Å². The quantitative estimate of drug-likeness (QED) is 0.508. The molecule has 0 heterocycles. The van der Waals surface area contributed by atoms with Gasteiger partial charge in [0.05, 0.1) is 16.7 Å². The Morgan fingerprint density at radius 1 is 1.43 bits per heavy atom. The molecule has 7 heteroatoms. The Morgan fingerprint density at radius 2 is 2.10 bits per heavy atom. The highest BCUT2D eigenvalue weighted by molar-refractivity contribution is 5.99. The molecule has 0 bridgehead atoms. The number of anilines is 1. The van der Waals surface area contributed by atoms with Gasteiger partial charge in [-0.05, 0) is 30.7 Å². The van der Waals surface area contributed by atoms with E-state index in [9.17, 15) is 19.3 Å². The third kappa shape index (κ3) is 2.96. The number of nitrogens with one attached hydrogen (secondary N) is 1. The number of nitro benzene ring substituents is 1. The molecular formula is C14H18FN3O3. The van der Waals surface area contributed by atoms with Crippen molar-refractivity contribution in [2.24, 2.45) is 11.8 Å². The lowest BCUT2D eigenvalue weighted by molar-refractivity contribution is -0.385. The Balaban J connectivity index is 2.27. The van der Waals surface area contributed by atoms with Crippen LogP contribution in [-0.4, -0.2) is 16.9 Å². The van der Waals surface area contributed by atoms with Crippen molar-refractivity contribution in [2.45, 2.75) is 32.7 Å². The van der Waals surface area contributed by atoms with Gasteiger partial charge in [-0.25, -0.2) is 4.39 Å². The van der Waals surface area contributed by atoms with Crippen LogP contribution in [-0.2, 0) is 0 Å². The molecule has 0 aliphatic heterocycles. The van der Waals surface area contributed by atoms with Gasteiger partial charge in [-0.3, -0.25) is 14.9 Å². The number of nitrogens with zero attached hydrogens (tertiary/aromatic N) is 1. The fraction of sp³-hybridized carbons (Fsp3) is 0.500. The molecule has 3 atom stereocenters. The van der Waals surface area contributed by atoms with Crippen molar-refractivity contribution in [3.8, 4) is 0 Å². The SMILES string of the molecule is CC1CCC(NC(=O)c2cc(N)c(F)cc2[N+](=O)[O-])C1C. The maximum Gasteiger partial charge on any atom is 0.285 e. The van der Waals surface area contributed by atoms with Crippen molar-refractivity contribution in [3.63, 3.8) is 0 Å². The first kappa shape index (κ1) is 15.2. The number of rotatable bonds is 3. The molecule has 3 N–H and O–H groups in total. The molecule has 0 aromatic heterocycles. The highest BCUT2D eigenvalue weighted by atomic mass is 19.1. The molecule has 2 rings (SSSR count). The molecule has 3 unspecified atom stereocenters. The second-order valence-corrected chi connectivity index (χ2v) is 5.64. The normalized spacial score (nSPS) is 24.8. The summed E-state index contributed by atoms with van der Waals surface area (Å²) in [5.41, 5.74) is 4.35. The van der Waals surface area contributed by atoms with Crippen molar-refractivity contribution in [2.75, 3.05) is 5.73 Å². The Bertz CT molecular complexity index is 591. The fourth-order valence-corrected chi connectivity index (χ4v) is 2.73. The topological polar surface area (TPSA) is 98.3 Å². The second-order valence-electron chi connectivity index (χ2n) is 5.64. The molecule has 1 aliphatic rings. The number of carbonyl (C=O) groups is 1. The molecule has 1 saturated carbocycles. The fourth-order valence-electron chi connectivity index (χ4n) is 2.73. The summed E-state index contributed by atoms with van der Waals surface area (Å²) in [5, 5.41) is 13.8. The van der Waals surface area contributed by atoms with E-state index < -0.39 is 22.3 Å². The number of halogens is 1. The molecule has 1 fully saturated rings. The summed E-state index contributed by atoms with van der Waals surface area (Å²) >= 11 is 0. The zero-order valence-electron chi connectivity index (χ0n) is 11.9. The second kappa shape index (κ2) is 5.67. The summed E-state index contributed by atoms with van der Waals surface area (Å²) in [6, 6.07) is 1.68. The summed E-state index contributed by atoms with van der Waals surface area (Å²) in [4.78, 5) is 22.4. The predicted molar refractivity (Wildman–Crippen MR) is 76.3 cm³/mol. The first-order valence-corrected chi connectivity index (χ1v) is 6.85. The lowest BCUT2D eigenvalue weighted by atomic mass is 9.97. The number of nitrogen functional groups attached to an aromatic ring is 1. The van der Waals surface area contributed by atoms with Crippen molar-refractivity contribution in [1.29, 1.82) is 0 Å². The molecule has 0 radical (unpaired) electrons. The van der Waals surface area contributed by atoms with Gasteiger partial charge < -0.3 is 11.1 Å². The lowest BCUT2D eigenvalue weighted by Gasteiger charge is -2.19. The number of nitro groups is 1. The van der Waals surface area contributed by atoms with E-state index in [-0.39, 0.29) is 17.3 Å². The third-order valence-corrected chi connectivity index (χ3v) is 4.34. The maximum atomic E-state index is 13.3. The van der Waals surface area contributed by atoms with Crippen LogP contribution in [0.4, 0.5) is 15.8 Å². The molecule has 0 saturated heterocycles. The molecule has 6 nitrogen and oxygen atoms in total. The van der Waals surface area contributed by atoms with Crippen molar-refractivity contribution in [3.05, 3.63) is 33.6 Å². The minimum atomic E-state index is -0.902. The molecule has 114 valence electrons. The van der Waals surface area contributed by atoms with Crippen molar-refractivity contribution >= 4 is 17.3 Å². The van der Waals surface area contributed by atoms with Crippen molar-refractivity contribution in [1.82, 2.24) is 5.32 Å². The molecule has 1 aromatic rings. The van der Waals surface area contributed by atoms with Crippen LogP contribution >= 0.6 is 0 Å². The Morgan fingerprint density at radius 3 is 2.62 bits per heavy atom. The van der Waals surface area contributed by atoms with Crippen LogP contribution in [0.15, 0.2) is 12.1 Å². The molecule has 1 amide bonds. The van der Waals surface area contributed by atoms with E-state index in [1.165, 1.54) is 0 Å². The Labute approximate surface area is 121 Å². The number of carbonyl (C=O) groups excluding carboxylic acids is 1. The lowest BCUT2D eigenvalue weighted by Crippen LogP contribution is -2.37. The third-order valence-electron chi connectivity index (χ3n) is 4.34. The summed E-state index contributed by atoms with van der Waals surface area (Å²) in [6.45, 7) is 4.14. The van der Waals surface area contributed by atoms with Gasteiger partial charge in [-0.1, -0.05) is 13.8 Å². The van der Waals surface area contributed by atoms with Crippen LogP contribution in [0.3, 0.4) is 0 Å². The molecule has 21 heavy (non-hydrogen) atoms. The van der Waals surface area contributed by atoms with E-state index in [1.807, 2.05) is 6.92 Å². The van der Waals surface area contributed by atoms with Crippen LogP contribution in [0.1, 0.15) is 37.0 Å². The van der Waals surface area contributed by atoms with E-state index in [0.717, 1.165) is 18.9 Å². The minimum absolute atomic E-state index is 0.0293. The first-order valence-electron chi connectivity index (χ1n) is 6.85. The number of amides is 1. The van der Waals surface area contributed by atoms with Gasteiger partial charge in [0.15, 0.2) is 5.82 Å². The highest BCUT2D eigenvalue weighted by Crippen LogP contribution is 2.32. The predicted octanol–water partition coefficient (Wildman–Crippen LogP) is 2.48. The Hall–Kier alpha value is -2.18. The van der Waals surface area contributed by atoms with Gasteiger partial charge in [0.25, 0.3) is 11.6 Å². The van der Waals surface area contributed by atoms with E-state index in [1.54, 1.807) is 0 Å². The highest BCUT2D eigenvalue weighted by Gasteiger charge is 2.32. The zero-order chi connectivity index (χ0) is 15.7.